The van der Waals surface area contributed by atoms with Crippen LogP contribution in [0.1, 0.15) is 63.4 Å². The highest BCUT2D eigenvalue weighted by Crippen LogP contribution is 2.45. The maximum atomic E-state index is 14.0. The van der Waals surface area contributed by atoms with Gasteiger partial charge in [0.25, 0.3) is 0 Å². The Morgan fingerprint density at radius 1 is 0.845 bits per heavy atom. The van der Waals surface area contributed by atoms with Gasteiger partial charge in [0.15, 0.2) is 0 Å². The Labute approximate surface area is 334 Å². The van der Waals surface area contributed by atoms with E-state index in [9.17, 15) is 37.8 Å². The van der Waals surface area contributed by atoms with E-state index in [1.807, 2.05) is 0 Å². The molecule has 4 aliphatic heterocycles. The van der Waals surface area contributed by atoms with Gasteiger partial charge in [0, 0.05) is 37.0 Å². The smallest absolute Gasteiger partial charge is 0.407 e. The number of nitrogens with one attached hydrogen (secondary N) is 3. The fourth-order valence-electron chi connectivity index (χ4n) is 7.89. The number of H-pyrrole nitrogens is 1. The lowest BCUT2D eigenvalue weighted by Crippen LogP contribution is -2.55. The summed E-state index contributed by atoms with van der Waals surface area (Å²) in [4.78, 5) is 66.2. The van der Waals surface area contributed by atoms with Gasteiger partial charge in [-0.2, -0.15) is 0 Å². The third-order valence-corrected chi connectivity index (χ3v) is 12.7. The molecular formula is C39H45N7O11S. The molecule has 0 saturated carbocycles. The van der Waals surface area contributed by atoms with Crippen LogP contribution >= 0.6 is 0 Å². The van der Waals surface area contributed by atoms with Crippen LogP contribution in [-0.4, -0.2) is 126 Å². The van der Waals surface area contributed by atoms with Gasteiger partial charge in [-0.1, -0.05) is 6.07 Å². The number of imidazole rings is 1. The average molecular weight is 820 g/mol. The number of likely N-dealkylation sites (tertiary alicyclic amines) is 2. The molecule has 18 nitrogen and oxygen atoms in total. The van der Waals surface area contributed by atoms with Crippen LogP contribution < -0.4 is 15.4 Å². The predicted molar refractivity (Wildman–Crippen MR) is 206 cm³/mol. The number of aliphatic imine (C=N–C) groups is 1. The van der Waals surface area contributed by atoms with E-state index in [0.717, 1.165) is 11.3 Å². The van der Waals surface area contributed by atoms with Gasteiger partial charge in [0.1, 0.15) is 39.2 Å². The first-order chi connectivity index (χ1) is 27.7. The van der Waals surface area contributed by atoms with Crippen molar-refractivity contribution in [1.82, 2.24) is 30.4 Å². The van der Waals surface area contributed by atoms with Crippen LogP contribution in [-0.2, 0) is 28.9 Å². The summed E-state index contributed by atoms with van der Waals surface area (Å²) >= 11 is 0. The van der Waals surface area contributed by atoms with E-state index in [-0.39, 0.29) is 27.3 Å². The largest absolute Gasteiger partial charge is 0.455 e. The SMILES string of the molecule is COC(=O)N[C@H](C(=O)N1CCC[C@H]1C1=NC=C(c2ccc3c(c2)Oc2ccc(-c4cnc([C@@H]5CCCN5C(=O)[C@@H](NC(=O)OC)[C@H](C)O)[nH]4)cc2S3(=O)=O)C1)[C@H](C)O. The number of aromatic nitrogens is 2. The number of carbonyl (C=O) groups excluding carboxylic acids is 4. The summed E-state index contributed by atoms with van der Waals surface area (Å²) in [5.74, 6) is -0.147. The topological polar surface area (TPSA) is 242 Å². The summed E-state index contributed by atoms with van der Waals surface area (Å²) < 4.78 is 43.5. The zero-order valence-electron chi connectivity index (χ0n) is 32.3. The Morgan fingerprint density at radius 3 is 2.07 bits per heavy atom. The zero-order chi connectivity index (χ0) is 41.5. The molecule has 2 fully saturated rings. The van der Waals surface area contributed by atoms with Crippen molar-refractivity contribution in [3.63, 3.8) is 0 Å². The van der Waals surface area contributed by atoms with Crippen LogP contribution in [0, 0.1) is 0 Å². The Hall–Kier alpha value is -5.79. The molecule has 19 heteroatoms. The first kappa shape index (κ1) is 40.4. The van der Waals surface area contributed by atoms with Crippen LogP contribution in [0.5, 0.6) is 11.5 Å². The summed E-state index contributed by atoms with van der Waals surface area (Å²) in [6.45, 7) is 3.64. The Kier molecular flexibility index (Phi) is 11.3. The summed E-state index contributed by atoms with van der Waals surface area (Å²) in [6, 6.07) is 6.42. The molecule has 3 aromatic rings. The summed E-state index contributed by atoms with van der Waals surface area (Å²) in [7, 11) is -1.69. The number of aliphatic hydroxyl groups is 2. The fourth-order valence-corrected chi connectivity index (χ4v) is 9.40. The van der Waals surface area contributed by atoms with Crippen LogP contribution in [0.15, 0.2) is 63.6 Å². The van der Waals surface area contributed by atoms with Crippen LogP contribution in [0.3, 0.4) is 0 Å². The molecule has 5 heterocycles. The number of carbonyl (C=O) groups is 4. The molecule has 5 N–H and O–H groups in total. The second-order valence-electron chi connectivity index (χ2n) is 14.6. The number of methoxy groups -OCH3 is 2. The van der Waals surface area contributed by atoms with Gasteiger partial charge in [0.05, 0.1) is 50.4 Å². The number of alkyl carbamates (subject to hydrolysis) is 2. The number of nitrogens with zero attached hydrogens (tertiary/aromatic N) is 4. The molecule has 58 heavy (non-hydrogen) atoms. The molecule has 2 aromatic carbocycles. The zero-order valence-corrected chi connectivity index (χ0v) is 33.1. The molecule has 308 valence electrons. The van der Waals surface area contributed by atoms with E-state index in [2.05, 4.69) is 35.1 Å². The fraction of sp³-hybridized carbons (Fsp3) is 0.436. The lowest BCUT2D eigenvalue weighted by atomic mass is 9.98. The number of allylic oxidation sites excluding steroid dienone is 1. The second-order valence-corrected chi connectivity index (χ2v) is 16.5. The minimum absolute atomic E-state index is 0.00545. The second kappa shape index (κ2) is 16.2. The quantitative estimate of drug-likeness (QED) is 0.155. The molecule has 4 amide bonds. The highest BCUT2D eigenvalue weighted by Gasteiger charge is 2.41. The highest BCUT2D eigenvalue weighted by molar-refractivity contribution is 7.91. The number of hydrogen-bond donors (Lipinski definition) is 5. The number of hydrogen-bond acceptors (Lipinski definition) is 13. The minimum Gasteiger partial charge on any atom is -0.455 e. The van der Waals surface area contributed by atoms with E-state index in [4.69, 9.17) is 4.74 Å². The van der Waals surface area contributed by atoms with Gasteiger partial charge in [-0.15, -0.1) is 0 Å². The van der Waals surface area contributed by atoms with Crippen molar-refractivity contribution in [2.75, 3.05) is 27.3 Å². The molecular weight excluding hydrogens is 775 g/mol. The molecule has 1 aromatic heterocycles. The molecule has 4 aliphatic rings. The van der Waals surface area contributed by atoms with Gasteiger partial charge in [-0.25, -0.2) is 23.0 Å². The number of ether oxygens (including phenoxy) is 3. The van der Waals surface area contributed by atoms with Gasteiger partial charge < -0.3 is 49.8 Å². The summed E-state index contributed by atoms with van der Waals surface area (Å²) in [6.07, 6.45) is 2.26. The van der Waals surface area contributed by atoms with Crippen molar-refractivity contribution in [3.05, 3.63) is 60.2 Å². The first-order valence-electron chi connectivity index (χ1n) is 18.9. The number of rotatable bonds is 10. The van der Waals surface area contributed by atoms with Crippen molar-refractivity contribution in [2.24, 2.45) is 4.99 Å². The van der Waals surface area contributed by atoms with Crippen LogP contribution in [0.25, 0.3) is 16.8 Å². The molecule has 0 bridgehead atoms. The standard InChI is InChI=1S/C39H45N7O11S/c1-20(47)33(43-38(51)55-3)36(49)45-13-5-7-27(45)25-15-24(18-40-25)22-10-12-31-30(16-22)57-29-11-9-23(17-32(29)58(31,53)54)26-19-41-35(42-26)28-8-6-14-46(28)37(50)34(21(2)48)44-39(52)56-4/h9-12,16-21,27-28,33-34,47-48H,5-8,13-15H2,1-4H3,(H,41,42)(H,43,51)(H,44,52)/t20-,21-,27-,28-,33-,34-/m0/s1. The van der Waals surface area contributed by atoms with Crippen molar-refractivity contribution in [3.8, 4) is 22.8 Å². The van der Waals surface area contributed by atoms with E-state index in [1.165, 1.54) is 40.2 Å². The Bertz CT molecular complexity index is 2300. The molecule has 0 unspecified atom stereocenters. The number of aromatic amines is 1. The monoisotopic (exact) mass is 819 g/mol. The van der Waals surface area contributed by atoms with Crippen LogP contribution in [0.4, 0.5) is 9.59 Å². The number of sulfone groups is 1. The molecule has 7 rings (SSSR count). The van der Waals surface area contributed by atoms with Gasteiger partial charge >= 0.3 is 12.2 Å². The van der Waals surface area contributed by atoms with E-state index in [0.29, 0.717) is 67.8 Å². The predicted octanol–water partition coefficient (Wildman–Crippen LogP) is 3.07. The molecule has 2 saturated heterocycles. The number of benzene rings is 2. The molecule has 0 spiro atoms. The normalized spacial score (nSPS) is 21.3. The Morgan fingerprint density at radius 2 is 1.45 bits per heavy atom. The molecule has 6 atom stereocenters. The summed E-state index contributed by atoms with van der Waals surface area (Å²) in [5.41, 5.74) is 3.28. The molecule has 0 radical (unpaired) electrons. The Balaban J connectivity index is 1.05. The van der Waals surface area contributed by atoms with Crippen molar-refractivity contribution < 1.29 is 52.0 Å². The number of fused-ring (bicyclic) bond motifs is 2. The number of aliphatic hydroxyl groups excluding tert-OH is 2. The average Bonchev–Trinajstić information content (AvgIpc) is 4.05. The first-order valence-corrected chi connectivity index (χ1v) is 20.4. The third kappa shape index (κ3) is 7.63. The number of amides is 4. The van der Waals surface area contributed by atoms with Crippen molar-refractivity contribution in [2.45, 2.75) is 92.1 Å². The van der Waals surface area contributed by atoms with E-state index < -0.39 is 64.2 Å². The van der Waals surface area contributed by atoms with Gasteiger partial charge in [0.2, 0.25) is 21.7 Å². The maximum absolute atomic E-state index is 14.0. The maximum Gasteiger partial charge on any atom is 0.407 e. The highest BCUT2D eigenvalue weighted by atomic mass is 32.2. The van der Waals surface area contributed by atoms with E-state index in [1.54, 1.807) is 46.5 Å². The van der Waals surface area contributed by atoms with Gasteiger partial charge in [-0.3, -0.25) is 14.6 Å². The van der Waals surface area contributed by atoms with Crippen molar-refractivity contribution in [1.29, 1.82) is 0 Å². The van der Waals surface area contributed by atoms with Gasteiger partial charge in [-0.05, 0) is 81.0 Å². The van der Waals surface area contributed by atoms with Crippen LogP contribution in [0.2, 0.25) is 0 Å². The lowest BCUT2D eigenvalue weighted by molar-refractivity contribution is -0.137. The third-order valence-electron chi connectivity index (χ3n) is 10.9. The summed E-state index contributed by atoms with van der Waals surface area (Å²) in [5, 5.41) is 25.3. The lowest BCUT2D eigenvalue weighted by Gasteiger charge is -2.30. The molecule has 0 aliphatic carbocycles. The van der Waals surface area contributed by atoms with Crippen molar-refractivity contribution >= 4 is 45.1 Å². The minimum atomic E-state index is -4.03. The van der Waals surface area contributed by atoms with E-state index >= 15 is 0 Å².